The van der Waals surface area contributed by atoms with Crippen LogP contribution in [0, 0.1) is 5.41 Å². The van der Waals surface area contributed by atoms with Crippen LogP contribution in [0.5, 0.6) is 0 Å². The molecule has 4 heterocycles. The molecule has 0 amide bonds. The number of anilines is 4. The number of thiazole rings is 1. The van der Waals surface area contributed by atoms with Crippen LogP contribution in [0.3, 0.4) is 0 Å². The second kappa shape index (κ2) is 5.19. The van der Waals surface area contributed by atoms with Gasteiger partial charge in [0, 0.05) is 31.8 Å². The van der Waals surface area contributed by atoms with E-state index in [0.717, 1.165) is 15.3 Å². The zero-order valence-corrected chi connectivity index (χ0v) is 14.4. The molecule has 1 spiro atoms. The lowest BCUT2D eigenvalue weighted by atomic mass is 10.1. The average Bonchev–Trinajstić information content (AvgIpc) is 2.99. The summed E-state index contributed by atoms with van der Waals surface area (Å²) < 4.78 is 28.1. The van der Waals surface area contributed by atoms with Gasteiger partial charge in [0.15, 0.2) is 10.9 Å². The maximum absolute atomic E-state index is 13.6. The van der Waals surface area contributed by atoms with Crippen LogP contribution in [0.2, 0.25) is 0 Å². The van der Waals surface area contributed by atoms with Gasteiger partial charge in [-0.05, 0) is 12.5 Å². The van der Waals surface area contributed by atoms with Gasteiger partial charge in [-0.2, -0.15) is 0 Å². The van der Waals surface area contributed by atoms with E-state index in [4.69, 9.17) is 5.73 Å². The SMILES string of the molecule is Nc1cc(Nc2nccc3nc(N4CCC5(C4)CC5(F)F)sc23)ncn1. The molecule has 0 radical (unpaired) electrons. The van der Waals surface area contributed by atoms with Crippen LogP contribution in [0.1, 0.15) is 12.8 Å². The van der Waals surface area contributed by atoms with Crippen molar-refractivity contribution in [3.63, 3.8) is 0 Å². The molecule has 0 aromatic carbocycles. The molecular formula is C16H15F2N7S. The third-order valence-corrected chi connectivity index (χ3v) is 6.20. The molecule has 1 aliphatic carbocycles. The molecule has 3 aromatic rings. The Hall–Kier alpha value is -2.62. The number of nitrogen functional groups attached to an aromatic ring is 1. The topological polar surface area (TPSA) is 92.8 Å². The summed E-state index contributed by atoms with van der Waals surface area (Å²) in [7, 11) is 0. The molecule has 134 valence electrons. The minimum Gasteiger partial charge on any atom is -0.384 e. The lowest BCUT2D eigenvalue weighted by Gasteiger charge is -2.14. The number of hydrogen-bond donors (Lipinski definition) is 2. The largest absolute Gasteiger partial charge is 0.384 e. The van der Waals surface area contributed by atoms with Gasteiger partial charge in [0.1, 0.15) is 18.0 Å². The predicted molar refractivity (Wildman–Crippen MR) is 96.0 cm³/mol. The molecule has 7 nitrogen and oxygen atoms in total. The number of halogens is 2. The minimum atomic E-state index is -2.53. The second-order valence-corrected chi connectivity index (χ2v) is 7.77. The minimum absolute atomic E-state index is 0.00904. The van der Waals surface area contributed by atoms with Gasteiger partial charge in [0.2, 0.25) is 0 Å². The van der Waals surface area contributed by atoms with Crippen LogP contribution in [-0.2, 0) is 0 Å². The summed E-state index contributed by atoms with van der Waals surface area (Å²) >= 11 is 1.44. The summed E-state index contributed by atoms with van der Waals surface area (Å²) in [5.74, 6) is -1.03. The van der Waals surface area contributed by atoms with Crippen molar-refractivity contribution in [1.82, 2.24) is 19.9 Å². The number of pyridine rings is 1. The third-order valence-electron chi connectivity index (χ3n) is 5.06. The van der Waals surface area contributed by atoms with Crippen LogP contribution in [0.25, 0.3) is 10.2 Å². The zero-order valence-electron chi connectivity index (χ0n) is 13.6. The van der Waals surface area contributed by atoms with Crippen LogP contribution < -0.4 is 16.0 Å². The Bertz CT molecular complexity index is 1010. The number of alkyl halides is 2. The molecule has 1 unspecified atom stereocenters. The highest BCUT2D eigenvalue weighted by Crippen LogP contribution is 2.65. The second-order valence-electron chi connectivity index (χ2n) is 6.79. The van der Waals surface area contributed by atoms with E-state index in [-0.39, 0.29) is 6.42 Å². The molecule has 1 atom stereocenters. The molecule has 5 rings (SSSR count). The first-order chi connectivity index (χ1) is 12.5. The Kier molecular flexibility index (Phi) is 3.12. The van der Waals surface area contributed by atoms with Gasteiger partial charge >= 0.3 is 0 Å². The van der Waals surface area contributed by atoms with E-state index in [1.54, 1.807) is 12.3 Å². The van der Waals surface area contributed by atoms with Crippen molar-refractivity contribution >= 4 is 44.1 Å². The first-order valence-electron chi connectivity index (χ1n) is 8.19. The zero-order chi connectivity index (χ0) is 17.9. The molecule has 10 heteroatoms. The Labute approximate surface area is 151 Å². The lowest BCUT2D eigenvalue weighted by Crippen LogP contribution is -2.21. The van der Waals surface area contributed by atoms with Gasteiger partial charge in [-0.25, -0.2) is 28.7 Å². The van der Waals surface area contributed by atoms with Gasteiger partial charge in [-0.15, -0.1) is 0 Å². The Balaban J connectivity index is 1.45. The van der Waals surface area contributed by atoms with Gasteiger partial charge in [0.05, 0.1) is 15.6 Å². The summed E-state index contributed by atoms with van der Waals surface area (Å²) in [5.41, 5.74) is 5.60. The summed E-state index contributed by atoms with van der Waals surface area (Å²) in [6.07, 6.45) is 3.53. The number of hydrogen-bond acceptors (Lipinski definition) is 8. The fourth-order valence-electron chi connectivity index (χ4n) is 3.49. The van der Waals surface area contributed by atoms with Crippen molar-refractivity contribution in [3.05, 3.63) is 24.7 Å². The molecule has 3 N–H and O–H groups in total. The van der Waals surface area contributed by atoms with Crippen molar-refractivity contribution in [3.8, 4) is 0 Å². The number of nitrogens with zero attached hydrogens (tertiary/aromatic N) is 5. The number of nitrogens with one attached hydrogen (secondary N) is 1. The highest BCUT2D eigenvalue weighted by atomic mass is 32.1. The summed E-state index contributed by atoms with van der Waals surface area (Å²) in [5, 5.41) is 3.87. The standard InChI is InChI=1S/C16H15F2N7S/c17-16(18)6-15(16)2-4-25(7-15)14-23-9-1-3-20-13(12(9)26-14)24-11-5-10(19)21-8-22-11/h1,3,5,8H,2,4,6-7H2,(H3,19,20,21,22,24). The maximum Gasteiger partial charge on any atom is 0.256 e. The first kappa shape index (κ1) is 15.6. The quantitative estimate of drug-likeness (QED) is 0.727. The lowest BCUT2D eigenvalue weighted by molar-refractivity contribution is 0.0711. The molecule has 1 aliphatic heterocycles. The predicted octanol–water partition coefficient (Wildman–Crippen LogP) is 3.04. The number of rotatable bonds is 3. The van der Waals surface area contributed by atoms with E-state index in [9.17, 15) is 8.78 Å². The van der Waals surface area contributed by atoms with Crippen LogP contribution in [0.15, 0.2) is 24.7 Å². The normalized spacial score (nSPS) is 23.7. The van der Waals surface area contributed by atoms with Crippen molar-refractivity contribution in [2.75, 3.05) is 29.0 Å². The Morgan fingerprint density at radius 1 is 1.27 bits per heavy atom. The number of nitrogens with two attached hydrogens (primary N) is 1. The summed E-state index contributed by atoms with van der Waals surface area (Å²) in [4.78, 5) is 18.9. The van der Waals surface area contributed by atoms with Crippen molar-refractivity contribution in [2.45, 2.75) is 18.8 Å². The van der Waals surface area contributed by atoms with Crippen molar-refractivity contribution in [1.29, 1.82) is 0 Å². The molecule has 2 fully saturated rings. The van der Waals surface area contributed by atoms with Crippen LogP contribution in [0.4, 0.5) is 31.4 Å². The molecule has 1 saturated heterocycles. The number of aromatic nitrogens is 4. The maximum atomic E-state index is 13.6. The Morgan fingerprint density at radius 3 is 2.85 bits per heavy atom. The van der Waals surface area contributed by atoms with Crippen molar-refractivity contribution in [2.24, 2.45) is 5.41 Å². The summed E-state index contributed by atoms with van der Waals surface area (Å²) in [6, 6.07) is 3.42. The molecule has 1 saturated carbocycles. The summed E-state index contributed by atoms with van der Waals surface area (Å²) in [6.45, 7) is 0.965. The molecular weight excluding hydrogens is 360 g/mol. The van der Waals surface area contributed by atoms with E-state index in [1.165, 1.54) is 17.7 Å². The molecule has 0 bridgehead atoms. The third kappa shape index (κ3) is 2.36. The van der Waals surface area contributed by atoms with E-state index in [0.29, 0.717) is 37.0 Å². The smallest absolute Gasteiger partial charge is 0.256 e. The first-order valence-corrected chi connectivity index (χ1v) is 9.00. The van der Waals surface area contributed by atoms with E-state index in [2.05, 4.69) is 25.3 Å². The van der Waals surface area contributed by atoms with Crippen LogP contribution >= 0.6 is 11.3 Å². The molecule has 26 heavy (non-hydrogen) atoms. The highest BCUT2D eigenvalue weighted by molar-refractivity contribution is 7.22. The molecule has 2 aliphatic rings. The average molecular weight is 375 g/mol. The van der Waals surface area contributed by atoms with E-state index < -0.39 is 11.3 Å². The van der Waals surface area contributed by atoms with Gasteiger partial charge in [0.25, 0.3) is 5.92 Å². The van der Waals surface area contributed by atoms with Gasteiger partial charge in [-0.1, -0.05) is 11.3 Å². The fourth-order valence-corrected chi connectivity index (χ4v) is 4.52. The highest BCUT2D eigenvalue weighted by Gasteiger charge is 2.72. The molecule has 3 aromatic heterocycles. The number of fused-ring (bicyclic) bond motifs is 1. The van der Waals surface area contributed by atoms with Gasteiger partial charge in [-0.3, -0.25) is 0 Å². The Morgan fingerprint density at radius 2 is 2.12 bits per heavy atom. The van der Waals surface area contributed by atoms with Crippen molar-refractivity contribution < 1.29 is 8.78 Å². The monoisotopic (exact) mass is 375 g/mol. The van der Waals surface area contributed by atoms with E-state index >= 15 is 0 Å². The van der Waals surface area contributed by atoms with Crippen LogP contribution in [-0.4, -0.2) is 38.9 Å². The fraction of sp³-hybridized carbons (Fsp3) is 0.375. The van der Waals surface area contributed by atoms with Gasteiger partial charge < -0.3 is 16.0 Å². The van der Waals surface area contributed by atoms with E-state index in [1.807, 2.05) is 11.0 Å².